The van der Waals surface area contributed by atoms with E-state index in [1.54, 1.807) is 12.1 Å². The largest absolute Gasteiger partial charge is 0.373 e. The van der Waals surface area contributed by atoms with E-state index in [1.165, 1.54) is 18.2 Å². The van der Waals surface area contributed by atoms with Crippen LogP contribution in [0.25, 0.3) is 0 Å². The maximum absolute atomic E-state index is 13.3. The number of rotatable bonds is 4. The summed E-state index contributed by atoms with van der Waals surface area (Å²) in [6.45, 7) is 4.01. The Morgan fingerprint density at radius 2 is 1.96 bits per heavy atom. The molecule has 2 aromatic carbocycles. The molecule has 1 heterocycles. The van der Waals surface area contributed by atoms with Crippen LogP contribution in [0.2, 0.25) is 0 Å². The monoisotopic (exact) mass is 317 g/mol. The molecule has 0 amide bonds. The molecule has 2 unspecified atom stereocenters. The normalized spacial score (nSPS) is 21.3. The Morgan fingerprint density at radius 3 is 2.74 bits per heavy atom. The molecule has 0 aromatic heterocycles. The van der Waals surface area contributed by atoms with Crippen molar-refractivity contribution in [1.29, 1.82) is 0 Å². The highest BCUT2D eigenvalue weighted by molar-refractivity contribution is 5.31. The summed E-state index contributed by atoms with van der Waals surface area (Å²) in [6.07, 6.45) is 0.931. The van der Waals surface area contributed by atoms with Gasteiger partial charge in [0.25, 0.3) is 0 Å². The van der Waals surface area contributed by atoms with Gasteiger partial charge in [0.05, 0.1) is 12.7 Å². The topological polar surface area (TPSA) is 21.3 Å². The number of hydrogen-bond donors (Lipinski definition) is 1. The Morgan fingerprint density at radius 1 is 1.13 bits per heavy atom. The second kappa shape index (κ2) is 7.20. The maximum atomic E-state index is 13.3. The van der Waals surface area contributed by atoms with Crippen LogP contribution >= 0.6 is 0 Å². The first-order valence-electron chi connectivity index (χ1n) is 7.96. The van der Waals surface area contributed by atoms with E-state index >= 15 is 0 Å². The molecule has 122 valence electrons. The number of hydrogen-bond acceptors (Lipinski definition) is 2. The number of benzene rings is 2. The highest BCUT2D eigenvalue weighted by atomic mass is 19.1. The van der Waals surface area contributed by atoms with Gasteiger partial charge in [-0.25, -0.2) is 8.78 Å². The lowest BCUT2D eigenvalue weighted by Gasteiger charge is -2.33. The summed E-state index contributed by atoms with van der Waals surface area (Å²) in [6, 6.07) is 11.4. The summed E-state index contributed by atoms with van der Waals surface area (Å²) in [5.41, 5.74) is 2.89. The van der Waals surface area contributed by atoms with E-state index in [1.807, 2.05) is 19.1 Å². The minimum absolute atomic E-state index is 0.0451. The zero-order valence-electron chi connectivity index (χ0n) is 13.2. The van der Waals surface area contributed by atoms with Crippen LogP contribution in [0.5, 0.6) is 0 Å². The van der Waals surface area contributed by atoms with Gasteiger partial charge in [-0.1, -0.05) is 18.2 Å². The first-order chi connectivity index (χ1) is 11.1. The Kier molecular flexibility index (Phi) is 5.03. The molecule has 23 heavy (non-hydrogen) atoms. The molecule has 3 rings (SSSR count). The number of halogens is 2. The SMILES string of the molecule is Cc1cc(F)ccc1C1CNCCC1OCc1cccc(F)c1. The zero-order chi connectivity index (χ0) is 16.2. The molecule has 1 aliphatic heterocycles. The van der Waals surface area contributed by atoms with E-state index in [9.17, 15) is 8.78 Å². The van der Waals surface area contributed by atoms with Crippen molar-refractivity contribution in [3.8, 4) is 0 Å². The molecular weight excluding hydrogens is 296 g/mol. The lowest BCUT2D eigenvalue weighted by atomic mass is 9.86. The van der Waals surface area contributed by atoms with Crippen LogP contribution in [0.15, 0.2) is 42.5 Å². The molecule has 1 N–H and O–H groups in total. The van der Waals surface area contributed by atoms with Crippen molar-refractivity contribution in [3.63, 3.8) is 0 Å². The Labute approximate surface area is 135 Å². The van der Waals surface area contributed by atoms with Gasteiger partial charge in [-0.15, -0.1) is 0 Å². The first-order valence-corrected chi connectivity index (χ1v) is 7.96. The standard InChI is InChI=1S/C19H21F2NO/c1-13-9-16(21)5-6-17(13)18-11-22-8-7-19(18)23-12-14-3-2-4-15(20)10-14/h2-6,9-10,18-19,22H,7-8,11-12H2,1H3. The quantitative estimate of drug-likeness (QED) is 0.922. The molecular formula is C19H21F2NO. The predicted molar refractivity (Wildman–Crippen MR) is 86.3 cm³/mol. The molecule has 2 aromatic rings. The van der Waals surface area contributed by atoms with Crippen molar-refractivity contribution >= 4 is 0 Å². The van der Waals surface area contributed by atoms with E-state index in [0.717, 1.165) is 36.2 Å². The van der Waals surface area contributed by atoms with Crippen molar-refractivity contribution < 1.29 is 13.5 Å². The van der Waals surface area contributed by atoms with Gasteiger partial charge in [-0.05, 0) is 60.8 Å². The molecule has 0 radical (unpaired) electrons. The Hall–Kier alpha value is -1.78. The van der Waals surface area contributed by atoms with Crippen LogP contribution < -0.4 is 5.32 Å². The minimum Gasteiger partial charge on any atom is -0.373 e. The lowest BCUT2D eigenvalue weighted by molar-refractivity contribution is 0.00667. The fourth-order valence-electron chi connectivity index (χ4n) is 3.23. The number of nitrogens with one attached hydrogen (secondary N) is 1. The summed E-state index contributed by atoms with van der Waals surface area (Å²) in [5.74, 6) is -0.285. The van der Waals surface area contributed by atoms with E-state index in [4.69, 9.17) is 4.74 Å². The fraction of sp³-hybridized carbons (Fsp3) is 0.368. The van der Waals surface area contributed by atoms with Gasteiger partial charge >= 0.3 is 0 Å². The smallest absolute Gasteiger partial charge is 0.123 e. The molecule has 0 spiro atoms. The van der Waals surface area contributed by atoms with Crippen molar-refractivity contribution in [3.05, 3.63) is 70.8 Å². The van der Waals surface area contributed by atoms with E-state index < -0.39 is 0 Å². The molecule has 4 heteroatoms. The van der Waals surface area contributed by atoms with Gasteiger partial charge in [0.1, 0.15) is 11.6 Å². The van der Waals surface area contributed by atoms with Crippen molar-refractivity contribution in [2.24, 2.45) is 0 Å². The third kappa shape index (κ3) is 3.95. The number of ether oxygens (including phenoxy) is 1. The van der Waals surface area contributed by atoms with Crippen LogP contribution in [0, 0.1) is 18.6 Å². The summed E-state index contributed by atoms with van der Waals surface area (Å²) in [7, 11) is 0. The van der Waals surface area contributed by atoms with E-state index in [2.05, 4.69) is 5.32 Å². The van der Waals surface area contributed by atoms with Crippen molar-refractivity contribution in [2.45, 2.75) is 32.0 Å². The molecule has 2 nitrogen and oxygen atoms in total. The molecule has 1 saturated heterocycles. The zero-order valence-corrected chi connectivity index (χ0v) is 13.2. The number of piperidine rings is 1. The fourth-order valence-corrected chi connectivity index (χ4v) is 3.23. The summed E-state index contributed by atoms with van der Waals surface area (Å²) >= 11 is 0. The van der Waals surface area contributed by atoms with Crippen LogP contribution in [0.4, 0.5) is 8.78 Å². The van der Waals surface area contributed by atoms with Crippen LogP contribution in [-0.4, -0.2) is 19.2 Å². The van der Waals surface area contributed by atoms with Gasteiger partial charge < -0.3 is 10.1 Å². The highest BCUT2D eigenvalue weighted by Crippen LogP contribution is 2.29. The van der Waals surface area contributed by atoms with Gasteiger partial charge in [0.15, 0.2) is 0 Å². The Balaban J connectivity index is 1.73. The minimum atomic E-state index is -0.248. The molecule has 1 fully saturated rings. The van der Waals surface area contributed by atoms with E-state index in [-0.39, 0.29) is 23.7 Å². The van der Waals surface area contributed by atoms with E-state index in [0.29, 0.717) is 6.61 Å². The van der Waals surface area contributed by atoms with Crippen LogP contribution in [-0.2, 0) is 11.3 Å². The average Bonchev–Trinajstić information content (AvgIpc) is 2.54. The molecule has 0 aliphatic carbocycles. The molecule has 0 saturated carbocycles. The van der Waals surface area contributed by atoms with Crippen LogP contribution in [0.1, 0.15) is 29.0 Å². The predicted octanol–water partition coefficient (Wildman–Crippen LogP) is 3.94. The molecule has 2 atom stereocenters. The van der Waals surface area contributed by atoms with Gasteiger partial charge in [0.2, 0.25) is 0 Å². The van der Waals surface area contributed by atoms with Gasteiger partial charge in [0, 0.05) is 12.5 Å². The maximum Gasteiger partial charge on any atom is 0.123 e. The van der Waals surface area contributed by atoms with Crippen molar-refractivity contribution in [1.82, 2.24) is 5.32 Å². The van der Waals surface area contributed by atoms with Gasteiger partial charge in [-0.3, -0.25) is 0 Å². The van der Waals surface area contributed by atoms with Gasteiger partial charge in [-0.2, -0.15) is 0 Å². The summed E-state index contributed by atoms with van der Waals surface area (Å²) in [5, 5.41) is 3.38. The second-order valence-electron chi connectivity index (χ2n) is 6.08. The highest BCUT2D eigenvalue weighted by Gasteiger charge is 2.28. The average molecular weight is 317 g/mol. The first kappa shape index (κ1) is 16.1. The molecule has 1 aliphatic rings. The third-order valence-corrected chi connectivity index (χ3v) is 4.40. The Bertz CT molecular complexity index is 674. The summed E-state index contributed by atoms with van der Waals surface area (Å²) in [4.78, 5) is 0. The van der Waals surface area contributed by atoms with Crippen molar-refractivity contribution in [2.75, 3.05) is 13.1 Å². The van der Waals surface area contributed by atoms with Crippen LogP contribution in [0.3, 0.4) is 0 Å². The lowest BCUT2D eigenvalue weighted by Crippen LogP contribution is -2.40. The molecule has 0 bridgehead atoms. The summed E-state index contributed by atoms with van der Waals surface area (Å²) < 4.78 is 32.7. The number of aryl methyl sites for hydroxylation is 1. The second-order valence-corrected chi connectivity index (χ2v) is 6.08. The third-order valence-electron chi connectivity index (χ3n) is 4.40.